The van der Waals surface area contributed by atoms with Gasteiger partial charge in [-0.25, -0.2) is 0 Å². The molecule has 0 aliphatic heterocycles. The van der Waals surface area contributed by atoms with Crippen LogP contribution in [0.5, 0.6) is 0 Å². The van der Waals surface area contributed by atoms with E-state index in [1.54, 1.807) is 6.07 Å². The number of hydrogen-bond acceptors (Lipinski definition) is 3. The van der Waals surface area contributed by atoms with Crippen molar-refractivity contribution in [1.29, 1.82) is 0 Å². The zero-order valence-corrected chi connectivity index (χ0v) is 11.5. The molecule has 1 heterocycles. The van der Waals surface area contributed by atoms with Crippen molar-refractivity contribution < 1.29 is 19.1 Å². The van der Waals surface area contributed by atoms with Crippen LogP contribution < -0.4 is 5.32 Å². The molecule has 3 rings (SSSR count). The van der Waals surface area contributed by atoms with Crippen molar-refractivity contribution in [2.75, 3.05) is 0 Å². The Hall–Kier alpha value is -1.78. The summed E-state index contributed by atoms with van der Waals surface area (Å²) in [6.07, 6.45) is 5.07. The molecule has 2 N–H and O–H groups in total. The molecule has 5 heteroatoms. The SMILES string of the molecule is CCc1occc1C(=O)NC1C2CCC(C2)C1C(=O)O. The highest BCUT2D eigenvalue weighted by Crippen LogP contribution is 2.48. The number of carboxylic acids is 1. The monoisotopic (exact) mass is 277 g/mol. The maximum absolute atomic E-state index is 12.3. The standard InChI is InChI=1S/C15H19NO4/c1-2-11-10(5-6-20-11)14(17)16-13-9-4-3-8(7-9)12(13)15(18)19/h5-6,8-9,12-13H,2-4,7H2,1H3,(H,16,17)(H,18,19). The number of hydrogen-bond donors (Lipinski definition) is 2. The molecule has 1 amide bonds. The number of carboxylic acid groups (broad SMARTS) is 1. The molecule has 2 aliphatic rings. The molecule has 4 atom stereocenters. The van der Waals surface area contributed by atoms with Gasteiger partial charge < -0.3 is 14.8 Å². The molecule has 5 nitrogen and oxygen atoms in total. The third-order valence-corrected chi connectivity index (χ3v) is 4.81. The maximum Gasteiger partial charge on any atom is 0.308 e. The predicted molar refractivity (Wildman–Crippen MR) is 71.3 cm³/mol. The van der Waals surface area contributed by atoms with Crippen LogP contribution >= 0.6 is 0 Å². The Morgan fingerprint density at radius 1 is 1.40 bits per heavy atom. The van der Waals surface area contributed by atoms with Crippen molar-refractivity contribution in [2.24, 2.45) is 17.8 Å². The van der Waals surface area contributed by atoms with Gasteiger partial charge in [0.1, 0.15) is 5.76 Å². The van der Waals surface area contributed by atoms with E-state index in [1.165, 1.54) is 6.26 Å². The van der Waals surface area contributed by atoms with Gasteiger partial charge in [-0.1, -0.05) is 6.92 Å². The first-order valence-corrected chi connectivity index (χ1v) is 7.21. The lowest BCUT2D eigenvalue weighted by atomic mass is 9.84. The fourth-order valence-electron chi connectivity index (χ4n) is 3.90. The van der Waals surface area contributed by atoms with Gasteiger partial charge in [0.05, 0.1) is 17.7 Å². The Kier molecular flexibility index (Phi) is 3.28. The lowest BCUT2D eigenvalue weighted by Crippen LogP contribution is -2.46. The highest BCUT2D eigenvalue weighted by atomic mass is 16.4. The van der Waals surface area contributed by atoms with E-state index in [9.17, 15) is 14.7 Å². The van der Waals surface area contributed by atoms with Crippen molar-refractivity contribution in [2.45, 2.75) is 38.6 Å². The van der Waals surface area contributed by atoms with E-state index >= 15 is 0 Å². The largest absolute Gasteiger partial charge is 0.481 e. The summed E-state index contributed by atoms with van der Waals surface area (Å²) in [5, 5.41) is 12.3. The smallest absolute Gasteiger partial charge is 0.308 e. The van der Waals surface area contributed by atoms with E-state index in [2.05, 4.69) is 5.32 Å². The second-order valence-corrected chi connectivity index (χ2v) is 5.81. The van der Waals surface area contributed by atoms with Gasteiger partial charge in [-0.3, -0.25) is 9.59 Å². The van der Waals surface area contributed by atoms with Crippen LogP contribution in [0.25, 0.3) is 0 Å². The molecule has 2 saturated carbocycles. The lowest BCUT2D eigenvalue weighted by Gasteiger charge is -2.28. The van der Waals surface area contributed by atoms with Crippen molar-refractivity contribution in [3.63, 3.8) is 0 Å². The van der Waals surface area contributed by atoms with Crippen molar-refractivity contribution in [3.8, 4) is 0 Å². The molecule has 0 radical (unpaired) electrons. The number of nitrogens with one attached hydrogen (secondary N) is 1. The fraction of sp³-hybridized carbons (Fsp3) is 0.600. The van der Waals surface area contributed by atoms with Gasteiger partial charge in [0.2, 0.25) is 0 Å². The van der Waals surface area contributed by atoms with Gasteiger partial charge in [0.25, 0.3) is 5.91 Å². The molecule has 4 unspecified atom stereocenters. The third kappa shape index (κ3) is 2.01. The number of amides is 1. The molecular weight excluding hydrogens is 258 g/mol. The molecular formula is C15H19NO4. The molecule has 0 saturated heterocycles. The first kappa shape index (κ1) is 13.2. The Bertz CT molecular complexity index is 536. The maximum atomic E-state index is 12.3. The highest BCUT2D eigenvalue weighted by Gasteiger charge is 2.51. The van der Waals surface area contributed by atoms with E-state index < -0.39 is 11.9 Å². The van der Waals surface area contributed by atoms with Crippen LogP contribution in [-0.2, 0) is 11.2 Å². The molecule has 1 aromatic heterocycles. The molecule has 0 spiro atoms. The summed E-state index contributed by atoms with van der Waals surface area (Å²) in [5.74, 6) is -0.253. The van der Waals surface area contributed by atoms with Crippen LogP contribution in [0.2, 0.25) is 0 Å². The van der Waals surface area contributed by atoms with Crippen LogP contribution in [0.1, 0.15) is 42.3 Å². The molecule has 0 aromatic carbocycles. The fourth-order valence-corrected chi connectivity index (χ4v) is 3.90. The van der Waals surface area contributed by atoms with Crippen molar-refractivity contribution in [3.05, 3.63) is 23.7 Å². The predicted octanol–water partition coefficient (Wildman–Crippen LogP) is 2.07. The van der Waals surface area contributed by atoms with Crippen LogP contribution in [-0.4, -0.2) is 23.0 Å². The minimum atomic E-state index is -0.787. The quantitative estimate of drug-likeness (QED) is 0.883. The molecule has 20 heavy (non-hydrogen) atoms. The summed E-state index contributed by atoms with van der Waals surface area (Å²) in [6.45, 7) is 1.92. The second kappa shape index (κ2) is 4.96. The first-order chi connectivity index (χ1) is 9.61. The van der Waals surface area contributed by atoms with Gasteiger partial charge in [-0.05, 0) is 37.2 Å². The van der Waals surface area contributed by atoms with Gasteiger partial charge >= 0.3 is 5.97 Å². The Morgan fingerprint density at radius 2 is 2.15 bits per heavy atom. The minimum Gasteiger partial charge on any atom is -0.481 e. The Balaban J connectivity index is 1.77. The number of aliphatic carboxylic acids is 1. The molecule has 2 bridgehead atoms. The first-order valence-electron chi connectivity index (χ1n) is 7.21. The third-order valence-electron chi connectivity index (χ3n) is 4.81. The van der Waals surface area contributed by atoms with E-state index in [0.29, 0.717) is 23.7 Å². The van der Waals surface area contributed by atoms with E-state index in [1.807, 2.05) is 6.92 Å². The van der Waals surface area contributed by atoms with Gasteiger partial charge in [-0.2, -0.15) is 0 Å². The van der Waals surface area contributed by atoms with Gasteiger partial charge in [0.15, 0.2) is 0 Å². The second-order valence-electron chi connectivity index (χ2n) is 5.81. The van der Waals surface area contributed by atoms with Crippen molar-refractivity contribution >= 4 is 11.9 Å². The number of furan rings is 1. The average Bonchev–Trinajstić information content (AvgIpc) is 3.12. The summed E-state index contributed by atoms with van der Waals surface area (Å²) in [6, 6.07) is 1.41. The van der Waals surface area contributed by atoms with Gasteiger partial charge in [-0.15, -0.1) is 0 Å². The van der Waals surface area contributed by atoms with Crippen LogP contribution in [0.4, 0.5) is 0 Å². The van der Waals surface area contributed by atoms with Crippen LogP contribution in [0.15, 0.2) is 16.7 Å². The number of fused-ring (bicyclic) bond motifs is 2. The zero-order valence-electron chi connectivity index (χ0n) is 11.5. The van der Waals surface area contributed by atoms with Crippen molar-refractivity contribution in [1.82, 2.24) is 5.32 Å². The van der Waals surface area contributed by atoms with Crippen LogP contribution in [0, 0.1) is 17.8 Å². The summed E-state index contributed by atoms with van der Waals surface area (Å²) in [4.78, 5) is 23.7. The Morgan fingerprint density at radius 3 is 2.85 bits per heavy atom. The van der Waals surface area contributed by atoms with E-state index in [0.717, 1.165) is 19.3 Å². The zero-order chi connectivity index (χ0) is 14.3. The summed E-state index contributed by atoms with van der Waals surface area (Å²) >= 11 is 0. The highest BCUT2D eigenvalue weighted by molar-refractivity contribution is 5.95. The normalized spacial score (nSPS) is 31.4. The molecule has 108 valence electrons. The van der Waals surface area contributed by atoms with E-state index in [-0.39, 0.29) is 17.9 Å². The minimum absolute atomic E-state index is 0.209. The van der Waals surface area contributed by atoms with Crippen LogP contribution in [0.3, 0.4) is 0 Å². The number of rotatable bonds is 4. The summed E-state index contributed by atoms with van der Waals surface area (Å²) in [5.41, 5.74) is 0.527. The number of carbonyl (C=O) groups excluding carboxylic acids is 1. The summed E-state index contributed by atoms with van der Waals surface area (Å²) in [7, 11) is 0. The average molecular weight is 277 g/mol. The van der Waals surface area contributed by atoms with Gasteiger partial charge in [0, 0.05) is 12.5 Å². The molecule has 2 fully saturated rings. The topological polar surface area (TPSA) is 79.5 Å². The molecule has 1 aromatic rings. The van der Waals surface area contributed by atoms with E-state index in [4.69, 9.17) is 4.42 Å². The number of carbonyl (C=O) groups is 2. The number of aryl methyl sites for hydroxylation is 1. The lowest BCUT2D eigenvalue weighted by molar-refractivity contribution is -0.144. The molecule has 2 aliphatic carbocycles. The summed E-state index contributed by atoms with van der Waals surface area (Å²) < 4.78 is 5.26. The Labute approximate surface area is 117 Å².